The number of rotatable bonds is 2. The van der Waals surface area contributed by atoms with Gasteiger partial charge in [-0.25, -0.2) is 0 Å². The number of carbonyl (C=O) groups is 2. The first kappa shape index (κ1) is 14.5. The molecule has 0 radical (unpaired) electrons. The standard InChI is InChI=1S/C15H15ClN2O2/c1-8(2)15(4,7-17)18-13(19)10-6-5-9(3)12(16)11(10)14(18)20/h5-6,8H,1-4H3. The van der Waals surface area contributed by atoms with Gasteiger partial charge in [0.15, 0.2) is 0 Å². The highest BCUT2D eigenvalue weighted by molar-refractivity contribution is 6.38. The zero-order chi connectivity index (χ0) is 15.2. The number of aryl methyl sites for hydroxylation is 1. The largest absolute Gasteiger partial charge is 0.269 e. The summed E-state index contributed by atoms with van der Waals surface area (Å²) >= 11 is 6.15. The number of benzene rings is 1. The molecule has 0 spiro atoms. The first-order valence-corrected chi connectivity index (χ1v) is 6.72. The van der Waals surface area contributed by atoms with Crippen LogP contribution in [0, 0.1) is 24.2 Å². The van der Waals surface area contributed by atoms with Gasteiger partial charge in [-0.15, -0.1) is 0 Å². The van der Waals surface area contributed by atoms with Crippen molar-refractivity contribution in [3.8, 4) is 6.07 Å². The van der Waals surface area contributed by atoms with E-state index < -0.39 is 17.4 Å². The third-order valence-corrected chi connectivity index (χ3v) is 4.49. The van der Waals surface area contributed by atoms with E-state index in [1.165, 1.54) is 0 Å². The fourth-order valence-corrected chi connectivity index (χ4v) is 2.50. The lowest BCUT2D eigenvalue weighted by atomic mass is 9.88. The molecule has 1 aliphatic heterocycles. The minimum Gasteiger partial charge on any atom is -0.269 e. The van der Waals surface area contributed by atoms with E-state index in [-0.39, 0.29) is 22.1 Å². The zero-order valence-corrected chi connectivity index (χ0v) is 12.6. The number of nitrogens with zero attached hydrogens (tertiary/aromatic N) is 2. The summed E-state index contributed by atoms with van der Waals surface area (Å²) in [7, 11) is 0. The molecule has 1 aromatic carbocycles. The van der Waals surface area contributed by atoms with Gasteiger partial charge in [0.05, 0.1) is 22.2 Å². The first-order valence-electron chi connectivity index (χ1n) is 6.35. The predicted molar refractivity (Wildman–Crippen MR) is 75.5 cm³/mol. The average molecular weight is 291 g/mol. The molecule has 0 aromatic heterocycles. The van der Waals surface area contributed by atoms with Crippen LogP contribution in [0.4, 0.5) is 0 Å². The number of hydrogen-bond acceptors (Lipinski definition) is 3. The summed E-state index contributed by atoms with van der Waals surface area (Å²) in [6.45, 7) is 6.98. The number of carbonyl (C=O) groups excluding carboxylic acids is 2. The van der Waals surface area contributed by atoms with Crippen molar-refractivity contribution in [2.45, 2.75) is 33.2 Å². The van der Waals surface area contributed by atoms with E-state index in [0.717, 1.165) is 10.5 Å². The van der Waals surface area contributed by atoms with Crippen LogP contribution in [0.2, 0.25) is 5.02 Å². The molecule has 0 fully saturated rings. The van der Waals surface area contributed by atoms with Gasteiger partial charge in [0.2, 0.25) is 0 Å². The lowest BCUT2D eigenvalue weighted by Crippen LogP contribution is -2.52. The molecule has 0 saturated carbocycles. The van der Waals surface area contributed by atoms with E-state index in [1.807, 2.05) is 0 Å². The van der Waals surface area contributed by atoms with Crippen LogP contribution in [0.1, 0.15) is 47.1 Å². The van der Waals surface area contributed by atoms with Crippen molar-refractivity contribution in [3.63, 3.8) is 0 Å². The van der Waals surface area contributed by atoms with Gasteiger partial charge in [-0.3, -0.25) is 14.5 Å². The second-order valence-electron chi connectivity index (χ2n) is 5.48. The van der Waals surface area contributed by atoms with Crippen molar-refractivity contribution in [1.29, 1.82) is 5.26 Å². The summed E-state index contributed by atoms with van der Waals surface area (Å²) in [6.07, 6.45) is 0. The zero-order valence-electron chi connectivity index (χ0n) is 11.8. The SMILES string of the molecule is Cc1ccc2c(c1Cl)C(=O)N(C(C)(C#N)C(C)C)C2=O. The molecule has 0 N–H and O–H groups in total. The maximum atomic E-state index is 12.6. The quantitative estimate of drug-likeness (QED) is 0.786. The second-order valence-corrected chi connectivity index (χ2v) is 5.86. The molecular formula is C15H15ClN2O2. The summed E-state index contributed by atoms with van der Waals surface area (Å²) in [5.74, 6) is -1.13. The molecule has 0 bridgehead atoms. The van der Waals surface area contributed by atoms with E-state index in [2.05, 4.69) is 6.07 Å². The number of nitriles is 1. The summed E-state index contributed by atoms with van der Waals surface area (Å²) < 4.78 is 0. The smallest absolute Gasteiger partial charge is 0.264 e. The second kappa shape index (κ2) is 4.60. The Labute approximate surface area is 122 Å². The maximum Gasteiger partial charge on any atom is 0.264 e. The summed E-state index contributed by atoms with van der Waals surface area (Å²) in [4.78, 5) is 26.1. The Balaban J connectivity index is 2.65. The molecule has 2 amide bonds. The molecule has 1 aliphatic rings. The average Bonchev–Trinajstić information content (AvgIpc) is 2.65. The van der Waals surface area contributed by atoms with Crippen molar-refractivity contribution in [3.05, 3.63) is 33.8 Å². The van der Waals surface area contributed by atoms with E-state index in [1.54, 1.807) is 39.8 Å². The summed E-state index contributed by atoms with van der Waals surface area (Å²) in [5, 5.41) is 9.71. The van der Waals surface area contributed by atoms with Gasteiger partial charge in [-0.1, -0.05) is 31.5 Å². The molecule has 0 aliphatic carbocycles. The molecule has 1 aromatic rings. The Bertz CT molecular complexity index is 661. The van der Waals surface area contributed by atoms with Crippen LogP contribution in [0.5, 0.6) is 0 Å². The Morgan fingerprint density at radius 3 is 2.40 bits per heavy atom. The summed E-state index contributed by atoms with van der Waals surface area (Å²) in [5.41, 5.74) is 0.0212. The topological polar surface area (TPSA) is 61.2 Å². The maximum absolute atomic E-state index is 12.6. The minimum atomic E-state index is -1.19. The number of amides is 2. The third-order valence-electron chi connectivity index (χ3n) is 4.00. The van der Waals surface area contributed by atoms with Crippen LogP contribution >= 0.6 is 11.6 Å². The predicted octanol–water partition coefficient (Wildman–Crippen LogP) is 3.18. The molecule has 1 heterocycles. The van der Waals surface area contributed by atoms with Crippen LogP contribution in [0.25, 0.3) is 0 Å². The Kier molecular flexibility index (Phi) is 3.35. The molecule has 104 valence electrons. The van der Waals surface area contributed by atoms with E-state index in [4.69, 9.17) is 11.6 Å². The molecule has 1 unspecified atom stereocenters. The molecular weight excluding hydrogens is 276 g/mol. The molecule has 5 heteroatoms. The highest BCUT2D eigenvalue weighted by Gasteiger charge is 2.49. The van der Waals surface area contributed by atoms with Crippen LogP contribution in [-0.2, 0) is 0 Å². The molecule has 4 nitrogen and oxygen atoms in total. The van der Waals surface area contributed by atoms with Crippen molar-refractivity contribution >= 4 is 23.4 Å². The lowest BCUT2D eigenvalue weighted by molar-refractivity contribution is 0.0465. The fraction of sp³-hybridized carbons (Fsp3) is 0.400. The summed E-state index contributed by atoms with van der Waals surface area (Å²) in [6, 6.07) is 5.39. The van der Waals surface area contributed by atoms with Crippen molar-refractivity contribution in [1.82, 2.24) is 4.90 Å². The molecule has 2 rings (SSSR count). The van der Waals surface area contributed by atoms with Gasteiger partial charge in [0, 0.05) is 0 Å². The van der Waals surface area contributed by atoms with Crippen LogP contribution in [0.15, 0.2) is 12.1 Å². The number of fused-ring (bicyclic) bond motifs is 1. The minimum absolute atomic E-state index is 0.186. The van der Waals surface area contributed by atoms with Crippen LogP contribution < -0.4 is 0 Å². The van der Waals surface area contributed by atoms with Gasteiger partial charge in [-0.05, 0) is 31.4 Å². The first-order chi connectivity index (χ1) is 9.25. The van der Waals surface area contributed by atoms with E-state index in [0.29, 0.717) is 0 Å². The van der Waals surface area contributed by atoms with Gasteiger partial charge in [0.25, 0.3) is 11.8 Å². The lowest BCUT2D eigenvalue weighted by Gasteiger charge is -2.34. The van der Waals surface area contributed by atoms with Gasteiger partial charge in [-0.2, -0.15) is 5.26 Å². The van der Waals surface area contributed by atoms with Crippen LogP contribution in [-0.4, -0.2) is 22.3 Å². The number of hydrogen-bond donors (Lipinski definition) is 0. The van der Waals surface area contributed by atoms with Crippen LogP contribution in [0.3, 0.4) is 0 Å². The normalized spacial score (nSPS) is 17.1. The van der Waals surface area contributed by atoms with E-state index >= 15 is 0 Å². The fourth-order valence-electron chi connectivity index (χ4n) is 2.25. The van der Waals surface area contributed by atoms with Gasteiger partial charge >= 0.3 is 0 Å². The molecule has 0 saturated heterocycles. The Morgan fingerprint density at radius 1 is 1.30 bits per heavy atom. The van der Waals surface area contributed by atoms with Crippen molar-refractivity contribution in [2.75, 3.05) is 0 Å². The van der Waals surface area contributed by atoms with Gasteiger partial charge < -0.3 is 0 Å². The van der Waals surface area contributed by atoms with Crippen molar-refractivity contribution in [2.24, 2.45) is 5.92 Å². The highest BCUT2D eigenvalue weighted by atomic mass is 35.5. The monoisotopic (exact) mass is 290 g/mol. The Hall–Kier alpha value is -1.86. The van der Waals surface area contributed by atoms with E-state index in [9.17, 15) is 14.9 Å². The third kappa shape index (κ3) is 1.74. The number of imide groups is 1. The van der Waals surface area contributed by atoms with Crippen molar-refractivity contribution < 1.29 is 9.59 Å². The number of halogens is 1. The molecule has 1 atom stereocenters. The highest BCUT2D eigenvalue weighted by Crippen LogP contribution is 2.37. The molecule has 20 heavy (non-hydrogen) atoms. The Morgan fingerprint density at radius 2 is 1.90 bits per heavy atom. The van der Waals surface area contributed by atoms with Gasteiger partial charge in [0.1, 0.15) is 5.54 Å².